The number of unbranched alkanes of at least 4 members (excludes halogenated alkanes) is 16. The second-order valence-electron chi connectivity index (χ2n) is 23.3. The molecule has 2 aliphatic heterocycles. The molecule has 0 atom stereocenters. The number of nitrogens with zero attached hydrogens (tertiary/aromatic N) is 6. The molecule has 0 fully saturated rings. The molecule has 5 heterocycles. The van der Waals surface area contributed by atoms with Crippen LogP contribution in [0.3, 0.4) is 0 Å². The molecule has 88 heavy (non-hydrogen) atoms. The van der Waals surface area contributed by atoms with Crippen LogP contribution in [0, 0.1) is 0 Å². The van der Waals surface area contributed by atoms with Gasteiger partial charge in [-0.05, 0) is 99.9 Å². The molecule has 16 heteroatoms. The van der Waals surface area contributed by atoms with Crippen molar-refractivity contribution in [3.8, 4) is 91.5 Å². The highest BCUT2D eigenvalue weighted by Crippen LogP contribution is 2.50. The third-order valence-electron chi connectivity index (χ3n) is 16.2. The zero-order chi connectivity index (χ0) is 61.5. The highest BCUT2D eigenvalue weighted by molar-refractivity contribution is 6.13. The minimum atomic E-state index is 0.384. The summed E-state index contributed by atoms with van der Waals surface area (Å²) in [4.78, 5) is 41.1. The van der Waals surface area contributed by atoms with Gasteiger partial charge in [0, 0.05) is 0 Å². The van der Waals surface area contributed by atoms with Crippen molar-refractivity contribution in [3.05, 3.63) is 48.5 Å². The Balaban J connectivity index is 1.48. The van der Waals surface area contributed by atoms with E-state index in [9.17, 15) is 0 Å². The summed E-state index contributed by atoms with van der Waals surface area (Å²) in [5, 5.41) is 2.80. The van der Waals surface area contributed by atoms with Crippen LogP contribution in [0.25, 0.3) is 89.7 Å². The number of benzene rings is 4. The number of nitrogens with one attached hydrogen (secondary N) is 2. The Hall–Kier alpha value is -7.36. The molecule has 7 aromatic rings. The van der Waals surface area contributed by atoms with Gasteiger partial charge in [0.25, 0.3) is 0 Å². The van der Waals surface area contributed by atoms with Crippen molar-refractivity contribution >= 4 is 44.1 Å². The van der Waals surface area contributed by atoms with Crippen LogP contribution in [0.2, 0.25) is 0 Å². The van der Waals surface area contributed by atoms with Crippen molar-refractivity contribution in [2.45, 2.75) is 209 Å². The summed E-state index contributed by atoms with van der Waals surface area (Å²) in [6, 6.07) is 16.0. The van der Waals surface area contributed by atoms with Gasteiger partial charge < -0.3 is 47.9 Å². The van der Waals surface area contributed by atoms with Gasteiger partial charge in [-0.3, -0.25) is 0 Å². The fraction of sp³-hybridized carbons (Fsp3) is 0.556. The van der Waals surface area contributed by atoms with Crippen LogP contribution in [0.1, 0.15) is 209 Å². The molecular weight excluding hydrogens is 1100 g/mol. The van der Waals surface area contributed by atoms with Gasteiger partial charge in [0.1, 0.15) is 68.6 Å². The van der Waals surface area contributed by atoms with E-state index in [4.69, 9.17) is 67.8 Å². The first-order valence-corrected chi connectivity index (χ1v) is 33.9. The molecule has 4 aromatic carbocycles. The molecule has 0 aliphatic carbocycles. The van der Waals surface area contributed by atoms with Crippen LogP contribution in [0.4, 0.5) is 0 Å². The van der Waals surface area contributed by atoms with Crippen molar-refractivity contribution in [3.63, 3.8) is 0 Å². The van der Waals surface area contributed by atoms with Crippen LogP contribution in [-0.4, -0.2) is 92.7 Å². The maximum absolute atomic E-state index is 6.83. The van der Waals surface area contributed by atoms with E-state index >= 15 is 0 Å². The number of fused-ring (bicyclic) bond motifs is 20. The Bertz CT molecular complexity index is 3090. The van der Waals surface area contributed by atoms with Gasteiger partial charge in [0.15, 0.2) is 23.3 Å². The lowest BCUT2D eigenvalue weighted by atomic mass is 10.1. The largest absolute Gasteiger partial charge is 0.493 e. The first-order chi connectivity index (χ1) is 43.4. The summed E-state index contributed by atoms with van der Waals surface area (Å²) in [5.41, 5.74) is 4.58. The molecule has 0 saturated heterocycles. The quantitative estimate of drug-likeness (QED) is 0.0346. The van der Waals surface area contributed by atoms with Crippen molar-refractivity contribution in [2.75, 3.05) is 52.9 Å². The fourth-order valence-electron chi connectivity index (χ4n) is 11.3. The Morgan fingerprint density at radius 3 is 0.580 bits per heavy atom. The van der Waals surface area contributed by atoms with Crippen LogP contribution in [0.5, 0.6) is 46.0 Å². The van der Waals surface area contributed by atoms with Gasteiger partial charge in [0.2, 0.25) is 0 Å². The third kappa shape index (κ3) is 15.9. The average molecular weight is 1200 g/mol. The van der Waals surface area contributed by atoms with Gasteiger partial charge in [-0.2, -0.15) is 0 Å². The Morgan fingerprint density at radius 1 is 0.227 bits per heavy atom. The molecule has 0 unspecified atom stereocenters. The topological polar surface area (TPSA) is 183 Å². The van der Waals surface area contributed by atoms with E-state index in [1.54, 1.807) is 0 Å². The first-order valence-electron chi connectivity index (χ1n) is 33.9. The van der Waals surface area contributed by atoms with Gasteiger partial charge in [-0.1, -0.05) is 158 Å². The van der Waals surface area contributed by atoms with Gasteiger partial charge in [0.05, 0.1) is 96.7 Å². The van der Waals surface area contributed by atoms with Crippen LogP contribution in [-0.2, 0) is 0 Å². The van der Waals surface area contributed by atoms with E-state index in [0.29, 0.717) is 189 Å². The molecule has 0 spiro atoms. The number of aromatic nitrogens is 8. The zero-order valence-corrected chi connectivity index (χ0v) is 54.2. The number of aromatic amines is 2. The Kier molecular flexibility index (Phi) is 25.0. The van der Waals surface area contributed by atoms with Crippen LogP contribution in [0.15, 0.2) is 48.5 Å². The van der Waals surface area contributed by atoms with E-state index in [1.807, 2.05) is 48.5 Å². The minimum absolute atomic E-state index is 0.384. The summed E-state index contributed by atoms with van der Waals surface area (Å²) in [5.74, 6) is 6.61. The standard InChI is InChI=1S/C72H98N8O8/c1-9-17-25-41-81-49-33-34-50(82-42-26-18-10-2)58-57(49)65-73-66(58)78-68-61-53(85-45-29-21-13-5)37-38-54(86-46-30-22-14-6)62(61)70(75-68)80-72-64-56(88-48-32-24-16-8)40-39-55(87-47-31-23-15-7)63(64)71(76-72)79-69-60-52(84-44-28-20-12-4)36-35-51(83-43-27-19-11-3)59(60)67(74-69)77-65/h33-40H,9-32,41-48H2,1-8H3,(H2,73,74,75,76,77,78,79,80). The predicted octanol–water partition coefficient (Wildman–Crippen LogP) is 19.4. The van der Waals surface area contributed by atoms with Crippen LogP contribution < -0.4 is 37.9 Å². The number of H-pyrrole nitrogens is 2. The number of rotatable bonds is 40. The number of hydrogen-bond acceptors (Lipinski definition) is 14. The van der Waals surface area contributed by atoms with Crippen molar-refractivity contribution < 1.29 is 37.9 Å². The Morgan fingerprint density at radius 2 is 0.398 bits per heavy atom. The van der Waals surface area contributed by atoms with E-state index in [2.05, 4.69) is 65.4 Å². The average Bonchev–Trinajstić information content (AvgIpc) is 1.83. The van der Waals surface area contributed by atoms with E-state index < -0.39 is 0 Å². The Labute approximate surface area is 522 Å². The monoisotopic (exact) mass is 1200 g/mol. The highest BCUT2D eigenvalue weighted by Gasteiger charge is 2.32. The van der Waals surface area contributed by atoms with E-state index in [-0.39, 0.29) is 0 Å². The van der Waals surface area contributed by atoms with Gasteiger partial charge in [-0.15, -0.1) is 0 Å². The molecule has 474 valence electrons. The zero-order valence-electron chi connectivity index (χ0n) is 54.2. The lowest BCUT2D eigenvalue weighted by Gasteiger charge is -2.15. The van der Waals surface area contributed by atoms with Gasteiger partial charge in [-0.25, -0.2) is 29.9 Å². The number of hydrogen-bond donors (Lipinski definition) is 2. The normalized spacial score (nSPS) is 11.7. The fourth-order valence-corrected chi connectivity index (χ4v) is 11.3. The second kappa shape index (κ2) is 33.8. The van der Waals surface area contributed by atoms with Crippen LogP contribution >= 0.6 is 0 Å². The lowest BCUT2D eigenvalue weighted by molar-refractivity contribution is 0.300. The SMILES string of the molecule is CCCCCOc1ccc(OCCCCC)c2c1-c1nc-2nc2[nH]c(nc3nc(nc4[nH]c(n1)c1c(OCCCCC)ccc(OCCCCC)c41)-c1c(OCCCCC)ccc(OCCCCC)c1-3)c1c(OCCCCC)ccc(OCCCCC)c21. The summed E-state index contributed by atoms with van der Waals surface area (Å²) in [7, 11) is 0. The second-order valence-corrected chi connectivity index (χ2v) is 23.3. The molecule has 0 saturated carbocycles. The first kappa shape index (κ1) is 65.1. The lowest BCUT2D eigenvalue weighted by Crippen LogP contribution is -2.02. The molecular formula is C72H98N8O8. The van der Waals surface area contributed by atoms with Crippen molar-refractivity contribution in [2.24, 2.45) is 0 Å². The highest BCUT2D eigenvalue weighted by atomic mass is 16.5. The summed E-state index contributed by atoms with van der Waals surface area (Å²) < 4.78 is 54.6. The third-order valence-corrected chi connectivity index (χ3v) is 16.2. The molecule has 3 aromatic heterocycles. The maximum Gasteiger partial charge on any atom is 0.168 e. The molecule has 2 N–H and O–H groups in total. The molecule has 0 radical (unpaired) electrons. The smallest absolute Gasteiger partial charge is 0.168 e. The van der Waals surface area contributed by atoms with E-state index in [0.717, 1.165) is 154 Å². The van der Waals surface area contributed by atoms with Gasteiger partial charge >= 0.3 is 0 Å². The molecule has 0 amide bonds. The van der Waals surface area contributed by atoms with Crippen molar-refractivity contribution in [1.29, 1.82) is 0 Å². The summed E-state index contributed by atoms with van der Waals surface area (Å²) in [6.07, 6.45) is 23.7. The molecule has 8 bridgehead atoms. The summed E-state index contributed by atoms with van der Waals surface area (Å²) >= 11 is 0. The number of ether oxygens (including phenoxy) is 8. The van der Waals surface area contributed by atoms with Crippen molar-refractivity contribution in [1.82, 2.24) is 39.9 Å². The van der Waals surface area contributed by atoms with E-state index in [1.165, 1.54) is 0 Å². The summed E-state index contributed by atoms with van der Waals surface area (Å²) in [6.45, 7) is 21.6. The molecule has 2 aliphatic rings. The minimum Gasteiger partial charge on any atom is -0.493 e. The molecule has 9 rings (SSSR count). The maximum atomic E-state index is 6.83. The predicted molar refractivity (Wildman–Crippen MR) is 356 cm³/mol. The molecule has 16 nitrogen and oxygen atoms in total.